The Hall–Kier alpha value is -7.51. The molecule has 2 saturated heterocycles. The maximum atomic E-state index is 12.6. The van der Waals surface area contributed by atoms with Crippen LogP contribution in [0.15, 0.2) is 109 Å². The van der Waals surface area contributed by atoms with Gasteiger partial charge in [0, 0.05) is 52.2 Å². The normalized spacial score (nSPS) is 13.1. The molecular formula is C83H120Br2ClN4NaO22+2. The molecule has 624 valence electrons. The van der Waals surface area contributed by atoms with E-state index in [2.05, 4.69) is 31.0 Å². The first-order valence-corrected chi connectivity index (χ1v) is 37.2. The molecule has 0 atom stereocenters. The second kappa shape index (κ2) is 52.9. The number of halogens is 3. The molecule has 30 heteroatoms. The zero-order chi connectivity index (χ0) is 79.2. The largest absolute Gasteiger partial charge is 1.00 e. The monoisotopic (exact) mass is 1740 g/mol. The summed E-state index contributed by atoms with van der Waals surface area (Å²) in [4.78, 5) is 47.4. The summed E-state index contributed by atoms with van der Waals surface area (Å²) in [5.41, 5.74) is 6.50. The average Bonchev–Trinajstić information content (AvgIpc) is 0.833. The molecule has 113 heavy (non-hydrogen) atoms. The second-order valence-electron chi connectivity index (χ2n) is 27.7. The number of piperidine rings is 2. The first kappa shape index (κ1) is 102. The topological polar surface area (TPSA) is 248 Å². The van der Waals surface area contributed by atoms with Crippen molar-refractivity contribution in [1.82, 2.24) is 0 Å². The van der Waals surface area contributed by atoms with Gasteiger partial charge in [-0.05, 0) is 154 Å². The molecule has 8 rings (SSSR count). The van der Waals surface area contributed by atoms with E-state index < -0.39 is 31.0 Å². The Morgan fingerprint density at radius 3 is 0.912 bits per heavy atom. The number of alkyl halides is 1. The molecule has 2 fully saturated rings. The Morgan fingerprint density at radius 2 is 0.637 bits per heavy atom. The SMILES string of the molecule is C.COc1ccc(C[N+](C)(CCOC(=O)OCCl)Cc2ccc(OC)c(OC)c2)cc1OC.COc1ccc(C[N+](C)(CCOC(=O)OCOC(=O)CCC[N+]2(Cc3ccc(OC)c(OC)c3)CCCCC2)Cc2ccc(OC)c(OC)c2)cc1OC.COc1ccc(C[N+]2(CCCC(=O)[O-])CCCCC2)cc1OC.[Br-].[Br-].[Na+]. The summed E-state index contributed by atoms with van der Waals surface area (Å²) in [5.74, 6) is 6.70. The number of hydrogen-bond donors (Lipinski definition) is 0. The molecule has 0 N–H and O–H groups in total. The van der Waals surface area contributed by atoms with Gasteiger partial charge < -0.3 is 142 Å². The fourth-order valence-electron chi connectivity index (χ4n) is 14.3. The molecular weight excluding hydrogens is 1620 g/mol. The van der Waals surface area contributed by atoms with E-state index in [1.54, 1.807) is 85.3 Å². The van der Waals surface area contributed by atoms with Crippen LogP contribution in [0.1, 0.15) is 105 Å². The third-order valence-corrected chi connectivity index (χ3v) is 19.9. The number of carbonyl (C=O) groups is 4. The summed E-state index contributed by atoms with van der Waals surface area (Å²) in [6, 6.07) is 35.1. The van der Waals surface area contributed by atoms with Crippen LogP contribution < -0.4 is 125 Å². The van der Waals surface area contributed by atoms with Gasteiger partial charge in [0.2, 0.25) is 6.79 Å². The van der Waals surface area contributed by atoms with Crippen LogP contribution in [0.3, 0.4) is 0 Å². The van der Waals surface area contributed by atoms with E-state index in [1.807, 2.05) is 97.1 Å². The molecule has 0 aromatic heterocycles. The number of aliphatic carboxylic acids is 1. The zero-order valence-corrected chi connectivity index (χ0v) is 74.0. The van der Waals surface area contributed by atoms with Crippen LogP contribution in [0, 0.1) is 0 Å². The Morgan fingerprint density at radius 1 is 0.372 bits per heavy atom. The van der Waals surface area contributed by atoms with E-state index in [9.17, 15) is 24.3 Å². The van der Waals surface area contributed by atoms with E-state index in [-0.39, 0.29) is 103 Å². The van der Waals surface area contributed by atoms with Crippen molar-refractivity contribution in [2.24, 2.45) is 0 Å². The summed E-state index contributed by atoms with van der Waals surface area (Å²) in [6.07, 6.45) is 7.22. The van der Waals surface area contributed by atoms with E-state index in [1.165, 1.54) is 36.8 Å². The minimum absolute atomic E-state index is 0. The van der Waals surface area contributed by atoms with Crippen LogP contribution >= 0.6 is 11.6 Å². The van der Waals surface area contributed by atoms with Crippen LogP contribution in [-0.4, -0.2) is 220 Å². The predicted molar refractivity (Wildman–Crippen MR) is 416 cm³/mol. The minimum Gasteiger partial charge on any atom is -1.00 e. The van der Waals surface area contributed by atoms with Gasteiger partial charge in [-0.1, -0.05) is 19.0 Å². The second-order valence-corrected chi connectivity index (χ2v) is 27.9. The number of benzene rings is 6. The van der Waals surface area contributed by atoms with E-state index in [4.69, 9.17) is 87.4 Å². The molecule has 0 aliphatic carbocycles. The summed E-state index contributed by atoms with van der Waals surface area (Å²) in [7, 11) is 23.5. The third-order valence-electron chi connectivity index (χ3n) is 19.8. The van der Waals surface area contributed by atoms with Gasteiger partial charge in [0.05, 0.1) is 145 Å². The van der Waals surface area contributed by atoms with E-state index in [0.717, 1.165) is 108 Å². The number of quaternary nitrogens is 4. The predicted octanol–water partition coefficient (Wildman–Crippen LogP) is 4.12. The van der Waals surface area contributed by atoms with Crippen LogP contribution in [-0.2, 0) is 72.5 Å². The number of nitrogens with zero attached hydrogens (tertiary/aromatic N) is 4. The van der Waals surface area contributed by atoms with Crippen molar-refractivity contribution >= 4 is 35.9 Å². The van der Waals surface area contributed by atoms with Gasteiger partial charge in [0.25, 0.3) is 0 Å². The fourth-order valence-corrected chi connectivity index (χ4v) is 14.4. The summed E-state index contributed by atoms with van der Waals surface area (Å²) in [6.45, 7) is 11.1. The number of carboxylic acid groups (broad SMARTS) is 1. The van der Waals surface area contributed by atoms with Crippen molar-refractivity contribution in [2.45, 2.75) is 111 Å². The van der Waals surface area contributed by atoms with Gasteiger partial charge in [-0.3, -0.25) is 4.79 Å². The van der Waals surface area contributed by atoms with Crippen LogP contribution in [0.2, 0.25) is 0 Å². The van der Waals surface area contributed by atoms with Crippen LogP contribution in [0.5, 0.6) is 69.0 Å². The number of carbonyl (C=O) groups excluding carboxylic acids is 4. The Labute approximate surface area is 717 Å². The molecule has 26 nitrogen and oxygen atoms in total. The van der Waals surface area contributed by atoms with Gasteiger partial charge in [-0.2, -0.15) is 0 Å². The third kappa shape index (κ3) is 33.3. The maximum Gasteiger partial charge on any atom is 1.00 e. The number of likely N-dealkylation sites (tertiary alicyclic amines) is 2. The van der Waals surface area contributed by atoms with Crippen molar-refractivity contribution in [1.29, 1.82) is 0 Å². The maximum absolute atomic E-state index is 12.6. The molecule has 0 amide bonds. The molecule has 0 bridgehead atoms. The smallest absolute Gasteiger partial charge is 1.00 e. The van der Waals surface area contributed by atoms with E-state index >= 15 is 0 Å². The summed E-state index contributed by atoms with van der Waals surface area (Å²) >= 11 is 5.42. The molecule has 2 heterocycles. The van der Waals surface area contributed by atoms with E-state index in [0.29, 0.717) is 119 Å². The minimum atomic E-state index is -0.953. The summed E-state index contributed by atoms with van der Waals surface area (Å²) < 4.78 is 93.6. The van der Waals surface area contributed by atoms with Gasteiger partial charge >= 0.3 is 47.8 Å². The number of carboxylic acids is 1. The van der Waals surface area contributed by atoms with Crippen molar-refractivity contribution in [3.8, 4) is 69.0 Å². The Bertz CT molecular complexity index is 3700. The number of rotatable bonds is 41. The quantitative estimate of drug-likeness (QED) is 0.0131. The van der Waals surface area contributed by atoms with Crippen molar-refractivity contribution in [2.75, 3.05) is 178 Å². The molecule has 0 saturated carbocycles. The molecule has 2 aliphatic heterocycles. The first-order chi connectivity index (χ1) is 52.5. The van der Waals surface area contributed by atoms with Crippen LogP contribution in [0.4, 0.5) is 9.59 Å². The number of hydrogen-bond acceptors (Lipinski definition) is 22. The zero-order valence-electron chi connectivity index (χ0n) is 68.1. The molecule has 0 spiro atoms. The first-order valence-electron chi connectivity index (χ1n) is 36.7. The van der Waals surface area contributed by atoms with Gasteiger partial charge in [0.15, 0.2) is 75.1 Å². The van der Waals surface area contributed by atoms with Crippen molar-refractivity contribution in [3.05, 3.63) is 143 Å². The molecule has 6 aromatic rings. The Kier molecular flexibility index (Phi) is 47.5. The van der Waals surface area contributed by atoms with Gasteiger partial charge in [-0.25, -0.2) is 9.59 Å². The Balaban J connectivity index is 0.000000623. The van der Waals surface area contributed by atoms with Crippen molar-refractivity contribution in [3.63, 3.8) is 0 Å². The fraction of sp³-hybridized carbons (Fsp3) is 0.518. The summed E-state index contributed by atoms with van der Waals surface area (Å²) in [5, 5.41) is 10.7. The molecule has 0 unspecified atom stereocenters. The van der Waals surface area contributed by atoms with Crippen LogP contribution in [0.25, 0.3) is 0 Å². The molecule has 0 radical (unpaired) electrons. The number of esters is 1. The number of methoxy groups -OCH3 is 12. The van der Waals surface area contributed by atoms with Gasteiger partial charge in [0.1, 0.15) is 65.6 Å². The standard InChI is InChI=1S/C41H58N2O11.C23H31ClNO7.C18H27NO4.CH4.2BrH.Na/c1-42(27-31-13-16-34(46-2)37(24-31)49-5,28-32-14-17-35(47-3)38(25-32)50-6)22-23-52-41(45)54-30-53-40(44)12-11-21-43(19-9-8-10-20-43)29-33-15-18-36(48-4)39(26-33)51-7;1-25(10-11-31-23(26)32-16-24,14-17-6-8-19(27-2)21(12-17)29-4)15-18-7-9-20(28-3)22(13-18)30-5;1-22-16-9-8-15(13-17(16)23-2)14-19(10-4-3-5-11-19)12-6-7-18(20)21;;;;/h13-18,24-26H,8-12,19-23,27-30H2,1-7H3;6-9,12-13H,10-11,14-16H2,1-5H3;8-9,13H,3-7,10-12,14H2,1-2H3;1H4;2*1H;/q+2;+1;;;;;+1/p-2. The van der Waals surface area contributed by atoms with Crippen molar-refractivity contribution < 1.29 is 186 Å². The molecule has 6 aromatic carbocycles. The molecule has 2 aliphatic rings. The number of ether oxygens (including phenoxy) is 17. The average molecular weight is 1740 g/mol. The number of likely N-dealkylation sites (N-methyl/N-ethyl adjacent to an activating group) is 2. The van der Waals surface area contributed by atoms with Gasteiger partial charge in [-0.15, -0.1) is 0 Å².